The van der Waals surface area contributed by atoms with Crippen molar-refractivity contribution >= 4 is 28.3 Å². The van der Waals surface area contributed by atoms with E-state index in [0.29, 0.717) is 0 Å². The van der Waals surface area contributed by atoms with E-state index < -0.39 is 0 Å². The topological polar surface area (TPSA) is 39.7 Å². The van der Waals surface area contributed by atoms with Crippen molar-refractivity contribution in [2.45, 2.75) is 13.0 Å². The van der Waals surface area contributed by atoms with Crippen molar-refractivity contribution in [2.24, 2.45) is 0 Å². The number of nitrogens with one attached hydrogen (secondary N) is 1. The van der Waals surface area contributed by atoms with Gasteiger partial charge in [-0.2, -0.15) is 0 Å². The molecule has 0 spiro atoms. The predicted molar refractivity (Wildman–Crippen MR) is 103 cm³/mol. The van der Waals surface area contributed by atoms with Crippen LogP contribution in [0.15, 0.2) is 40.9 Å². The molecule has 0 unspecified atom stereocenters. The van der Waals surface area contributed by atoms with Crippen LogP contribution in [-0.2, 0) is 13.0 Å². The lowest BCUT2D eigenvalue weighted by Crippen LogP contribution is -2.17. The zero-order valence-electron chi connectivity index (χ0n) is 14.1. The second kappa shape index (κ2) is 10.4. The Morgan fingerprint density at radius 2 is 1.58 bits per heavy atom. The van der Waals surface area contributed by atoms with Crippen molar-refractivity contribution in [3.8, 4) is 17.2 Å². The standard InChI is InChI=1S/C18H22BrNO3.ClH/c1-21-15-6-4-13(5-7-15)12-20-9-8-14-10-18(23-3)16(19)11-17(14)22-2;/h4-7,10-11,20H,8-9,12H2,1-3H3;1H. The number of benzene rings is 2. The van der Waals surface area contributed by atoms with Crippen molar-refractivity contribution < 1.29 is 14.2 Å². The van der Waals surface area contributed by atoms with Crippen LogP contribution in [0.1, 0.15) is 11.1 Å². The number of hydrogen-bond donors (Lipinski definition) is 1. The second-order valence-electron chi connectivity index (χ2n) is 5.07. The molecule has 0 amide bonds. The zero-order chi connectivity index (χ0) is 16.7. The van der Waals surface area contributed by atoms with Crippen molar-refractivity contribution in [1.82, 2.24) is 5.32 Å². The first kappa shape index (κ1) is 20.6. The first-order valence-electron chi connectivity index (χ1n) is 7.42. The molecule has 6 heteroatoms. The highest BCUT2D eigenvalue weighted by Gasteiger charge is 2.09. The van der Waals surface area contributed by atoms with Crippen LogP contribution < -0.4 is 19.5 Å². The molecule has 2 aromatic carbocycles. The highest BCUT2D eigenvalue weighted by molar-refractivity contribution is 9.10. The SMILES string of the molecule is COc1ccc(CNCCc2cc(OC)c(Br)cc2OC)cc1.Cl. The highest BCUT2D eigenvalue weighted by Crippen LogP contribution is 2.32. The highest BCUT2D eigenvalue weighted by atomic mass is 79.9. The number of ether oxygens (including phenoxy) is 3. The van der Waals surface area contributed by atoms with E-state index in [0.717, 1.165) is 46.8 Å². The summed E-state index contributed by atoms with van der Waals surface area (Å²) in [7, 11) is 5.02. The molecule has 2 aromatic rings. The third-order valence-electron chi connectivity index (χ3n) is 3.61. The van der Waals surface area contributed by atoms with Gasteiger partial charge in [0, 0.05) is 6.54 Å². The normalized spacial score (nSPS) is 10.0. The van der Waals surface area contributed by atoms with Gasteiger partial charge in [-0.3, -0.25) is 0 Å². The van der Waals surface area contributed by atoms with Crippen LogP contribution in [0.2, 0.25) is 0 Å². The second-order valence-corrected chi connectivity index (χ2v) is 5.93. The van der Waals surface area contributed by atoms with Gasteiger partial charge >= 0.3 is 0 Å². The molecule has 0 radical (unpaired) electrons. The van der Waals surface area contributed by atoms with Gasteiger partial charge in [0.2, 0.25) is 0 Å². The Morgan fingerprint density at radius 1 is 0.917 bits per heavy atom. The minimum Gasteiger partial charge on any atom is -0.497 e. The fourth-order valence-electron chi connectivity index (χ4n) is 2.32. The van der Waals surface area contributed by atoms with E-state index in [-0.39, 0.29) is 12.4 Å². The van der Waals surface area contributed by atoms with Gasteiger partial charge in [0.25, 0.3) is 0 Å². The third kappa shape index (κ3) is 5.58. The van der Waals surface area contributed by atoms with Crippen molar-refractivity contribution in [3.05, 3.63) is 52.0 Å². The summed E-state index contributed by atoms with van der Waals surface area (Å²) in [5.74, 6) is 2.56. The molecule has 4 nitrogen and oxygen atoms in total. The van der Waals surface area contributed by atoms with Crippen LogP contribution >= 0.6 is 28.3 Å². The Kier molecular flexibility index (Phi) is 8.97. The predicted octanol–water partition coefficient (Wildman–Crippen LogP) is 4.23. The first-order chi connectivity index (χ1) is 11.2. The molecule has 2 rings (SSSR count). The Morgan fingerprint density at radius 3 is 2.17 bits per heavy atom. The maximum absolute atomic E-state index is 5.44. The van der Waals surface area contributed by atoms with Crippen molar-refractivity contribution in [1.29, 1.82) is 0 Å². The van der Waals surface area contributed by atoms with Crippen molar-refractivity contribution in [2.75, 3.05) is 27.9 Å². The third-order valence-corrected chi connectivity index (χ3v) is 4.23. The van der Waals surface area contributed by atoms with Crippen LogP contribution in [0.5, 0.6) is 17.2 Å². The van der Waals surface area contributed by atoms with Gasteiger partial charge in [0.05, 0.1) is 25.8 Å². The van der Waals surface area contributed by atoms with Crippen LogP contribution in [0.3, 0.4) is 0 Å². The van der Waals surface area contributed by atoms with Gasteiger partial charge in [0.15, 0.2) is 0 Å². The summed E-state index contributed by atoms with van der Waals surface area (Å²) < 4.78 is 16.8. The molecule has 132 valence electrons. The quantitative estimate of drug-likeness (QED) is 0.654. The molecule has 0 saturated heterocycles. The molecule has 0 bridgehead atoms. The Labute approximate surface area is 158 Å². The maximum Gasteiger partial charge on any atom is 0.133 e. The minimum absolute atomic E-state index is 0. The number of methoxy groups -OCH3 is 3. The van der Waals surface area contributed by atoms with Crippen LogP contribution in [0.25, 0.3) is 0 Å². The smallest absolute Gasteiger partial charge is 0.133 e. The summed E-state index contributed by atoms with van der Waals surface area (Å²) >= 11 is 3.48. The molecule has 0 fully saturated rings. The zero-order valence-corrected chi connectivity index (χ0v) is 16.5. The van der Waals surface area contributed by atoms with E-state index in [1.54, 1.807) is 21.3 Å². The van der Waals surface area contributed by atoms with Crippen LogP contribution in [0.4, 0.5) is 0 Å². The van der Waals surface area contributed by atoms with E-state index in [4.69, 9.17) is 14.2 Å². The van der Waals surface area contributed by atoms with Gasteiger partial charge < -0.3 is 19.5 Å². The largest absolute Gasteiger partial charge is 0.497 e. The average Bonchev–Trinajstić information content (AvgIpc) is 2.59. The Balaban J connectivity index is 0.00000288. The molecule has 0 aliphatic heterocycles. The Hall–Kier alpha value is -1.43. The first-order valence-corrected chi connectivity index (χ1v) is 8.21. The molecule has 0 atom stereocenters. The van der Waals surface area contributed by atoms with Crippen LogP contribution in [-0.4, -0.2) is 27.9 Å². The molecule has 0 aliphatic rings. The van der Waals surface area contributed by atoms with E-state index in [9.17, 15) is 0 Å². The van der Waals surface area contributed by atoms with Gasteiger partial charge in [-0.1, -0.05) is 12.1 Å². The summed E-state index contributed by atoms with van der Waals surface area (Å²) in [4.78, 5) is 0. The molecule has 0 saturated carbocycles. The van der Waals surface area contributed by atoms with E-state index in [1.807, 2.05) is 24.3 Å². The number of hydrogen-bond acceptors (Lipinski definition) is 4. The van der Waals surface area contributed by atoms with E-state index in [1.165, 1.54) is 5.56 Å². The maximum atomic E-state index is 5.44. The molecule has 0 aliphatic carbocycles. The fourth-order valence-corrected chi connectivity index (χ4v) is 2.80. The summed E-state index contributed by atoms with van der Waals surface area (Å²) in [6.07, 6.45) is 0.864. The van der Waals surface area contributed by atoms with E-state index >= 15 is 0 Å². The fraction of sp³-hybridized carbons (Fsp3) is 0.333. The minimum atomic E-state index is 0. The lowest BCUT2D eigenvalue weighted by Gasteiger charge is -2.13. The number of rotatable bonds is 8. The molecule has 24 heavy (non-hydrogen) atoms. The summed E-state index contributed by atoms with van der Waals surface area (Å²) in [6.45, 7) is 1.67. The van der Waals surface area contributed by atoms with Gasteiger partial charge in [-0.25, -0.2) is 0 Å². The monoisotopic (exact) mass is 415 g/mol. The molecular weight excluding hydrogens is 394 g/mol. The lowest BCUT2D eigenvalue weighted by atomic mass is 10.1. The summed E-state index contributed by atoms with van der Waals surface area (Å²) in [5.41, 5.74) is 2.35. The lowest BCUT2D eigenvalue weighted by molar-refractivity contribution is 0.396. The molecule has 1 N–H and O–H groups in total. The van der Waals surface area contributed by atoms with E-state index in [2.05, 4.69) is 33.4 Å². The number of halogens is 2. The van der Waals surface area contributed by atoms with Gasteiger partial charge in [-0.05, 0) is 64.3 Å². The van der Waals surface area contributed by atoms with Crippen LogP contribution in [0, 0.1) is 0 Å². The van der Waals surface area contributed by atoms with Gasteiger partial charge in [0.1, 0.15) is 17.2 Å². The Bertz CT molecular complexity index is 635. The van der Waals surface area contributed by atoms with Gasteiger partial charge in [-0.15, -0.1) is 12.4 Å². The molecule has 0 heterocycles. The summed E-state index contributed by atoms with van der Waals surface area (Å²) in [6, 6.07) is 12.0. The average molecular weight is 417 g/mol. The molecule has 0 aromatic heterocycles. The molecular formula is C18H23BrClNO3. The van der Waals surface area contributed by atoms with Crippen molar-refractivity contribution in [3.63, 3.8) is 0 Å². The summed E-state index contributed by atoms with van der Waals surface area (Å²) in [5, 5.41) is 3.44.